The van der Waals surface area contributed by atoms with Crippen LogP contribution in [0, 0.1) is 21.4 Å². The summed E-state index contributed by atoms with van der Waals surface area (Å²) in [7, 11) is 0. The summed E-state index contributed by atoms with van der Waals surface area (Å²) >= 11 is 0. The van der Waals surface area contributed by atoms with Crippen LogP contribution in [0.1, 0.15) is 18.9 Å². The van der Waals surface area contributed by atoms with Crippen LogP contribution in [0.2, 0.25) is 0 Å². The molecule has 0 amide bonds. The summed E-state index contributed by atoms with van der Waals surface area (Å²) in [6.07, 6.45) is 0.497. The third-order valence-electron chi connectivity index (χ3n) is 2.29. The molecule has 2 N–H and O–H groups in total. The maximum absolute atomic E-state index is 10.8. The number of nitro groups is 1. The molecular formula is C11H13N3O3. The van der Waals surface area contributed by atoms with Crippen LogP contribution in [0.25, 0.3) is 0 Å². The lowest BCUT2D eigenvalue weighted by Crippen LogP contribution is -2.17. The fraction of sp³-hybridized carbons (Fsp3) is 0.364. The molecule has 0 saturated carbocycles. The lowest BCUT2D eigenvalue weighted by Gasteiger charge is -2.13. The van der Waals surface area contributed by atoms with Gasteiger partial charge in [0, 0.05) is 18.7 Å². The molecule has 0 aliphatic heterocycles. The molecule has 17 heavy (non-hydrogen) atoms. The third kappa shape index (κ3) is 3.43. The van der Waals surface area contributed by atoms with Gasteiger partial charge in [-0.2, -0.15) is 5.26 Å². The number of aliphatic hydroxyl groups is 1. The zero-order chi connectivity index (χ0) is 12.8. The Labute approximate surface area is 98.6 Å². The minimum atomic E-state index is -0.533. The molecule has 1 rings (SSSR count). The van der Waals surface area contributed by atoms with Crippen molar-refractivity contribution in [2.45, 2.75) is 19.4 Å². The second-order valence-electron chi connectivity index (χ2n) is 3.66. The Morgan fingerprint density at radius 2 is 2.35 bits per heavy atom. The number of hydrogen-bond donors (Lipinski definition) is 2. The van der Waals surface area contributed by atoms with Crippen molar-refractivity contribution >= 4 is 11.4 Å². The molecule has 90 valence electrons. The van der Waals surface area contributed by atoms with Crippen molar-refractivity contribution in [2.75, 3.05) is 11.9 Å². The molecule has 0 bridgehead atoms. The van der Waals surface area contributed by atoms with E-state index >= 15 is 0 Å². The van der Waals surface area contributed by atoms with Gasteiger partial charge in [-0.3, -0.25) is 10.1 Å². The van der Waals surface area contributed by atoms with E-state index in [1.54, 1.807) is 0 Å². The van der Waals surface area contributed by atoms with Gasteiger partial charge >= 0.3 is 0 Å². The average molecular weight is 235 g/mol. The number of rotatable bonds is 5. The van der Waals surface area contributed by atoms with Crippen LogP contribution in [0.4, 0.5) is 11.4 Å². The summed E-state index contributed by atoms with van der Waals surface area (Å²) in [5.74, 6) is 0. The number of aliphatic hydroxyl groups excluding tert-OH is 1. The number of benzene rings is 1. The van der Waals surface area contributed by atoms with Crippen molar-refractivity contribution in [3.05, 3.63) is 33.9 Å². The van der Waals surface area contributed by atoms with Crippen molar-refractivity contribution in [1.29, 1.82) is 5.26 Å². The number of nitriles is 1. The minimum Gasteiger partial charge on any atom is -0.396 e. The van der Waals surface area contributed by atoms with Crippen LogP contribution in [0.5, 0.6) is 0 Å². The first-order valence-electron chi connectivity index (χ1n) is 5.14. The van der Waals surface area contributed by atoms with Gasteiger partial charge in [-0.25, -0.2) is 0 Å². The smallest absolute Gasteiger partial charge is 0.293 e. The molecule has 6 nitrogen and oxygen atoms in total. The predicted molar refractivity (Wildman–Crippen MR) is 62.6 cm³/mol. The highest BCUT2D eigenvalue weighted by Crippen LogP contribution is 2.26. The van der Waals surface area contributed by atoms with Crippen LogP contribution in [0.15, 0.2) is 18.2 Å². The molecule has 0 heterocycles. The average Bonchev–Trinajstić information content (AvgIpc) is 2.29. The van der Waals surface area contributed by atoms with E-state index in [1.807, 2.05) is 13.0 Å². The molecule has 6 heteroatoms. The van der Waals surface area contributed by atoms with Crippen LogP contribution in [-0.2, 0) is 0 Å². The van der Waals surface area contributed by atoms with Gasteiger partial charge in [-0.05, 0) is 25.5 Å². The largest absolute Gasteiger partial charge is 0.396 e. The van der Waals surface area contributed by atoms with Crippen molar-refractivity contribution < 1.29 is 10.0 Å². The molecule has 1 aromatic rings. The van der Waals surface area contributed by atoms with Gasteiger partial charge in [-0.1, -0.05) is 0 Å². The standard InChI is InChI=1S/C11H13N3O3/c1-8(4-5-15)13-10-3-2-9(7-12)6-11(10)14(16)17/h2-3,6,8,13,15H,4-5H2,1H3. The Hall–Kier alpha value is -2.13. The summed E-state index contributed by atoms with van der Waals surface area (Å²) in [6, 6.07) is 6.03. The van der Waals surface area contributed by atoms with E-state index in [0.29, 0.717) is 12.1 Å². The van der Waals surface area contributed by atoms with Crippen LogP contribution in [0.3, 0.4) is 0 Å². The molecular weight excluding hydrogens is 222 g/mol. The monoisotopic (exact) mass is 235 g/mol. The molecule has 0 aliphatic carbocycles. The van der Waals surface area contributed by atoms with Gasteiger partial charge in [-0.15, -0.1) is 0 Å². The Morgan fingerprint density at radius 3 is 2.88 bits per heavy atom. The molecule has 1 atom stereocenters. The Balaban J connectivity index is 2.99. The van der Waals surface area contributed by atoms with Gasteiger partial charge in [0.05, 0.1) is 16.6 Å². The summed E-state index contributed by atoms with van der Waals surface area (Å²) in [6.45, 7) is 1.83. The summed E-state index contributed by atoms with van der Waals surface area (Å²) in [5.41, 5.74) is 0.473. The first kappa shape index (κ1) is 12.9. The highest BCUT2D eigenvalue weighted by atomic mass is 16.6. The van der Waals surface area contributed by atoms with Gasteiger partial charge in [0.15, 0.2) is 0 Å². The Bertz CT molecular complexity index is 454. The van der Waals surface area contributed by atoms with E-state index in [4.69, 9.17) is 10.4 Å². The molecule has 0 fully saturated rings. The van der Waals surface area contributed by atoms with Gasteiger partial charge in [0.1, 0.15) is 5.69 Å². The van der Waals surface area contributed by atoms with E-state index in [1.165, 1.54) is 18.2 Å². The first-order chi connectivity index (χ1) is 8.08. The van der Waals surface area contributed by atoms with Gasteiger partial charge in [0.25, 0.3) is 5.69 Å². The second-order valence-corrected chi connectivity index (χ2v) is 3.66. The Morgan fingerprint density at radius 1 is 1.65 bits per heavy atom. The van der Waals surface area contributed by atoms with Crippen molar-refractivity contribution in [3.8, 4) is 6.07 Å². The van der Waals surface area contributed by atoms with E-state index < -0.39 is 4.92 Å². The number of nitrogens with zero attached hydrogens (tertiary/aromatic N) is 2. The highest BCUT2D eigenvalue weighted by Gasteiger charge is 2.15. The highest BCUT2D eigenvalue weighted by molar-refractivity contribution is 5.64. The van der Waals surface area contributed by atoms with Gasteiger partial charge < -0.3 is 10.4 Å². The maximum atomic E-state index is 10.8. The molecule has 0 aromatic heterocycles. The van der Waals surface area contributed by atoms with Crippen molar-refractivity contribution in [1.82, 2.24) is 0 Å². The summed E-state index contributed by atoms with van der Waals surface area (Å²) < 4.78 is 0. The SMILES string of the molecule is CC(CCO)Nc1ccc(C#N)cc1[N+](=O)[O-]. The van der Waals surface area contributed by atoms with Crippen molar-refractivity contribution in [3.63, 3.8) is 0 Å². The molecule has 1 aromatic carbocycles. The zero-order valence-corrected chi connectivity index (χ0v) is 9.38. The number of anilines is 1. The summed E-state index contributed by atoms with van der Waals surface area (Å²) in [4.78, 5) is 10.3. The molecule has 1 unspecified atom stereocenters. The number of nitrogens with one attached hydrogen (secondary N) is 1. The zero-order valence-electron chi connectivity index (χ0n) is 9.38. The normalized spacial score (nSPS) is 11.6. The number of nitro benzene ring substituents is 1. The van der Waals surface area contributed by atoms with Crippen molar-refractivity contribution in [2.24, 2.45) is 0 Å². The fourth-order valence-corrected chi connectivity index (χ4v) is 1.41. The molecule has 0 radical (unpaired) electrons. The molecule has 0 aliphatic rings. The predicted octanol–water partition coefficient (Wildman–Crippen LogP) is 1.65. The second kappa shape index (κ2) is 5.82. The molecule has 0 saturated heterocycles. The van der Waals surface area contributed by atoms with Crippen LogP contribution < -0.4 is 5.32 Å². The minimum absolute atomic E-state index is 0.0121. The lowest BCUT2D eigenvalue weighted by molar-refractivity contribution is -0.384. The maximum Gasteiger partial charge on any atom is 0.293 e. The Kier molecular flexibility index (Phi) is 4.43. The topological polar surface area (TPSA) is 99.2 Å². The van der Waals surface area contributed by atoms with Gasteiger partial charge in [0.2, 0.25) is 0 Å². The van der Waals surface area contributed by atoms with Crippen LogP contribution >= 0.6 is 0 Å². The molecule has 0 spiro atoms. The summed E-state index contributed by atoms with van der Waals surface area (Å²) in [5, 5.41) is 31.2. The van der Waals surface area contributed by atoms with E-state index in [-0.39, 0.29) is 23.9 Å². The van der Waals surface area contributed by atoms with E-state index in [2.05, 4.69) is 5.32 Å². The van der Waals surface area contributed by atoms with E-state index in [9.17, 15) is 10.1 Å². The number of hydrogen-bond acceptors (Lipinski definition) is 5. The lowest BCUT2D eigenvalue weighted by atomic mass is 10.1. The first-order valence-corrected chi connectivity index (χ1v) is 5.14. The van der Waals surface area contributed by atoms with Crippen LogP contribution in [-0.4, -0.2) is 22.7 Å². The van der Waals surface area contributed by atoms with E-state index in [0.717, 1.165) is 0 Å². The third-order valence-corrected chi connectivity index (χ3v) is 2.29. The quantitative estimate of drug-likeness (QED) is 0.597. The fourth-order valence-electron chi connectivity index (χ4n) is 1.41.